The van der Waals surface area contributed by atoms with Crippen molar-refractivity contribution in [1.82, 2.24) is 19.7 Å². The highest BCUT2D eigenvalue weighted by Gasteiger charge is 2.40. The molecular weight excluding hydrogens is 324 g/mol. The molecule has 1 aliphatic heterocycles. The van der Waals surface area contributed by atoms with E-state index in [1.807, 2.05) is 13.1 Å². The minimum absolute atomic E-state index is 0.222. The normalized spacial score (nSPS) is 19.9. The molecule has 5 nitrogen and oxygen atoms in total. The fourth-order valence-corrected chi connectivity index (χ4v) is 4.06. The fraction of sp³-hybridized carbons (Fsp3) is 0.429. The van der Waals surface area contributed by atoms with Gasteiger partial charge < -0.3 is 8.98 Å². The molecule has 2 aromatic heterocycles. The second-order valence-corrected chi connectivity index (χ2v) is 8.04. The van der Waals surface area contributed by atoms with Crippen molar-refractivity contribution in [2.24, 2.45) is 12.5 Å². The van der Waals surface area contributed by atoms with E-state index in [9.17, 15) is 0 Å². The number of nitrogens with zero attached hydrogens (tertiary/aromatic N) is 4. The third-order valence-corrected chi connectivity index (χ3v) is 5.63. The molecule has 136 valence electrons. The van der Waals surface area contributed by atoms with E-state index in [1.165, 1.54) is 11.3 Å². The first kappa shape index (κ1) is 17.0. The van der Waals surface area contributed by atoms with E-state index in [0.29, 0.717) is 24.2 Å². The van der Waals surface area contributed by atoms with Crippen molar-refractivity contribution in [3.05, 3.63) is 59.6 Å². The Labute approximate surface area is 154 Å². The minimum Gasteiger partial charge on any atom is -0.418 e. The van der Waals surface area contributed by atoms with Crippen LogP contribution in [0.4, 0.5) is 0 Å². The van der Waals surface area contributed by atoms with Gasteiger partial charge >= 0.3 is 0 Å². The molecule has 26 heavy (non-hydrogen) atoms. The standard InChI is InChI=1S/C21H26N4O/c1-15-10-11-18(24(15)4)20-23-22-19(26-20)13-25-12-17(21(2,3)14-25)16-8-6-5-7-9-16/h5-11,17H,12-14H2,1-4H3/t17-/m0/s1. The van der Waals surface area contributed by atoms with Gasteiger partial charge in [-0.15, -0.1) is 10.2 Å². The molecule has 0 N–H and O–H groups in total. The Morgan fingerprint density at radius 1 is 1.12 bits per heavy atom. The lowest BCUT2D eigenvalue weighted by Gasteiger charge is -2.26. The lowest BCUT2D eigenvalue weighted by atomic mass is 9.78. The van der Waals surface area contributed by atoms with Gasteiger partial charge in [-0.1, -0.05) is 44.2 Å². The molecule has 1 saturated heterocycles. The Bertz CT molecular complexity index is 894. The monoisotopic (exact) mass is 350 g/mol. The number of hydrogen-bond donors (Lipinski definition) is 0. The molecule has 0 radical (unpaired) electrons. The van der Waals surface area contributed by atoms with Gasteiger partial charge in [-0.25, -0.2) is 0 Å². The average Bonchev–Trinajstić information content (AvgIpc) is 3.28. The fourth-order valence-electron chi connectivity index (χ4n) is 4.06. The van der Waals surface area contributed by atoms with Crippen LogP contribution in [-0.4, -0.2) is 32.8 Å². The zero-order valence-electron chi connectivity index (χ0n) is 15.9. The zero-order chi connectivity index (χ0) is 18.3. The quantitative estimate of drug-likeness (QED) is 0.713. The van der Waals surface area contributed by atoms with Crippen LogP contribution in [-0.2, 0) is 13.6 Å². The molecule has 3 heterocycles. The summed E-state index contributed by atoms with van der Waals surface area (Å²) in [5, 5.41) is 8.53. The van der Waals surface area contributed by atoms with Crippen LogP contribution in [0.3, 0.4) is 0 Å². The molecule has 0 bridgehead atoms. The second kappa shape index (κ2) is 6.40. The Balaban J connectivity index is 1.50. The number of benzene rings is 1. The Morgan fingerprint density at radius 3 is 2.58 bits per heavy atom. The maximum Gasteiger partial charge on any atom is 0.264 e. The summed E-state index contributed by atoms with van der Waals surface area (Å²) in [4.78, 5) is 2.42. The molecule has 1 aliphatic rings. The van der Waals surface area contributed by atoms with Gasteiger partial charge in [0.15, 0.2) is 0 Å². The van der Waals surface area contributed by atoms with Crippen molar-refractivity contribution < 1.29 is 4.42 Å². The van der Waals surface area contributed by atoms with Crippen LogP contribution in [0.2, 0.25) is 0 Å². The van der Waals surface area contributed by atoms with E-state index in [2.05, 4.69) is 76.8 Å². The molecule has 1 atom stereocenters. The van der Waals surface area contributed by atoms with Crippen LogP contribution in [0.15, 0.2) is 46.9 Å². The van der Waals surface area contributed by atoms with Crippen molar-refractivity contribution in [2.45, 2.75) is 33.2 Å². The molecule has 0 unspecified atom stereocenters. The maximum atomic E-state index is 5.95. The number of aromatic nitrogens is 3. The third-order valence-electron chi connectivity index (χ3n) is 5.63. The summed E-state index contributed by atoms with van der Waals surface area (Å²) in [6.45, 7) is 9.48. The van der Waals surface area contributed by atoms with Crippen molar-refractivity contribution in [3.8, 4) is 11.6 Å². The molecule has 5 heteroatoms. The van der Waals surface area contributed by atoms with Gasteiger partial charge in [0.1, 0.15) is 5.69 Å². The summed E-state index contributed by atoms with van der Waals surface area (Å²) in [6.07, 6.45) is 0. The van der Waals surface area contributed by atoms with E-state index in [1.54, 1.807) is 0 Å². The molecule has 0 aliphatic carbocycles. The summed E-state index contributed by atoms with van der Waals surface area (Å²) in [5.41, 5.74) is 3.77. The highest BCUT2D eigenvalue weighted by Crippen LogP contribution is 2.42. The summed E-state index contributed by atoms with van der Waals surface area (Å²) >= 11 is 0. The second-order valence-electron chi connectivity index (χ2n) is 8.04. The summed E-state index contributed by atoms with van der Waals surface area (Å²) in [5.74, 6) is 1.79. The van der Waals surface area contributed by atoms with Crippen LogP contribution < -0.4 is 0 Å². The Morgan fingerprint density at radius 2 is 1.88 bits per heavy atom. The Hall–Kier alpha value is -2.40. The lowest BCUT2D eigenvalue weighted by Crippen LogP contribution is -2.23. The van der Waals surface area contributed by atoms with Gasteiger partial charge in [0.25, 0.3) is 5.89 Å². The lowest BCUT2D eigenvalue weighted by molar-refractivity contribution is 0.258. The van der Waals surface area contributed by atoms with Crippen molar-refractivity contribution >= 4 is 0 Å². The predicted molar refractivity (Wildman–Crippen MR) is 102 cm³/mol. The number of likely N-dealkylation sites (tertiary alicyclic amines) is 1. The van der Waals surface area contributed by atoms with Crippen LogP contribution in [0, 0.1) is 12.3 Å². The van der Waals surface area contributed by atoms with Crippen LogP contribution >= 0.6 is 0 Å². The van der Waals surface area contributed by atoms with E-state index in [-0.39, 0.29) is 5.41 Å². The van der Waals surface area contributed by atoms with E-state index in [4.69, 9.17) is 4.42 Å². The largest absolute Gasteiger partial charge is 0.418 e. The first-order chi connectivity index (χ1) is 12.4. The number of hydrogen-bond acceptors (Lipinski definition) is 4. The molecule has 0 saturated carbocycles. The highest BCUT2D eigenvalue weighted by molar-refractivity contribution is 5.48. The summed E-state index contributed by atoms with van der Waals surface area (Å²) < 4.78 is 8.02. The maximum absolute atomic E-state index is 5.95. The van der Waals surface area contributed by atoms with Gasteiger partial charge in [0, 0.05) is 31.7 Å². The minimum atomic E-state index is 0.222. The van der Waals surface area contributed by atoms with Gasteiger partial charge in [0.2, 0.25) is 5.89 Å². The van der Waals surface area contributed by atoms with Crippen LogP contribution in [0.1, 0.15) is 36.9 Å². The zero-order valence-corrected chi connectivity index (χ0v) is 15.9. The smallest absolute Gasteiger partial charge is 0.264 e. The predicted octanol–water partition coefficient (Wildman–Crippen LogP) is 4.01. The number of rotatable bonds is 4. The van der Waals surface area contributed by atoms with Crippen molar-refractivity contribution in [1.29, 1.82) is 0 Å². The molecule has 1 aromatic carbocycles. The topological polar surface area (TPSA) is 47.1 Å². The SMILES string of the molecule is Cc1ccc(-c2nnc(CN3C[C@@H](c4ccccc4)C(C)(C)C3)o2)n1C. The molecule has 0 amide bonds. The molecule has 0 spiro atoms. The average molecular weight is 350 g/mol. The van der Waals surface area contributed by atoms with E-state index >= 15 is 0 Å². The van der Waals surface area contributed by atoms with Gasteiger partial charge in [0.05, 0.1) is 6.54 Å². The van der Waals surface area contributed by atoms with Crippen molar-refractivity contribution in [3.63, 3.8) is 0 Å². The van der Waals surface area contributed by atoms with Gasteiger partial charge in [-0.2, -0.15) is 0 Å². The van der Waals surface area contributed by atoms with Crippen LogP contribution in [0.25, 0.3) is 11.6 Å². The van der Waals surface area contributed by atoms with Crippen LogP contribution in [0.5, 0.6) is 0 Å². The summed E-state index contributed by atoms with van der Waals surface area (Å²) in [6, 6.07) is 14.9. The van der Waals surface area contributed by atoms with Crippen molar-refractivity contribution in [2.75, 3.05) is 13.1 Å². The molecule has 4 rings (SSSR count). The highest BCUT2D eigenvalue weighted by atomic mass is 16.4. The van der Waals surface area contributed by atoms with Gasteiger partial charge in [-0.3, -0.25) is 4.90 Å². The number of aryl methyl sites for hydroxylation is 1. The molecule has 1 fully saturated rings. The third kappa shape index (κ3) is 3.07. The van der Waals surface area contributed by atoms with E-state index < -0.39 is 0 Å². The first-order valence-electron chi connectivity index (χ1n) is 9.16. The van der Waals surface area contributed by atoms with E-state index in [0.717, 1.165) is 18.8 Å². The Kier molecular flexibility index (Phi) is 4.19. The molecule has 3 aromatic rings. The van der Waals surface area contributed by atoms with Gasteiger partial charge in [-0.05, 0) is 30.0 Å². The summed E-state index contributed by atoms with van der Waals surface area (Å²) in [7, 11) is 2.02. The molecular formula is C21H26N4O. The first-order valence-corrected chi connectivity index (χ1v) is 9.16.